The Hall–Kier alpha value is -2.91. The van der Waals surface area contributed by atoms with Gasteiger partial charge in [0, 0.05) is 21.9 Å². The molecular weight excluding hydrogens is 354 g/mol. The monoisotopic (exact) mass is 365 g/mol. The Labute approximate surface area is 142 Å². The maximum atomic E-state index is 8.81. The summed E-state index contributed by atoms with van der Waals surface area (Å²) < 4.78 is 0.993. The number of hydrogen-bond acceptors (Lipinski definition) is 5. The lowest BCUT2D eigenvalue weighted by Crippen LogP contribution is -1.98. The number of benzene rings is 2. The quantitative estimate of drug-likeness (QED) is 0.706. The minimum atomic E-state index is 0.621. The fourth-order valence-corrected chi connectivity index (χ4v) is 2.38. The first-order chi connectivity index (χ1) is 11.2. The molecule has 2 N–H and O–H groups in total. The number of hydrogen-bond donors (Lipinski definition) is 2. The van der Waals surface area contributed by atoms with E-state index < -0.39 is 0 Å². The molecule has 0 atom stereocenters. The number of rotatable bonds is 4. The largest absolute Gasteiger partial charge is 0.340 e. The van der Waals surface area contributed by atoms with Crippen LogP contribution >= 0.6 is 15.9 Å². The second-order valence-electron chi connectivity index (χ2n) is 4.74. The van der Waals surface area contributed by atoms with Gasteiger partial charge in [0.25, 0.3) is 0 Å². The van der Waals surface area contributed by atoms with E-state index >= 15 is 0 Å². The molecule has 2 aromatic carbocycles. The topological polar surface area (TPSA) is 73.6 Å². The lowest BCUT2D eigenvalue weighted by atomic mass is 10.2. The van der Waals surface area contributed by atoms with E-state index in [4.69, 9.17) is 5.26 Å². The summed E-state index contributed by atoms with van der Waals surface area (Å²) in [6.45, 7) is 0. The summed E-state index contributed by atoms with van der Waals surface area (Å²) in [5.74, 6) is 1.36. The van der Waals surface area contributed by atoms with Crippen LogP contribution in [0, 0.1) is 11.3 Å². The predicted octanol–water partition coefficient (Wildman–Crippen LogP) is 4.60. The van der Waals surface area contributed by atoms with Gasteiger partial charge < -0.3 is 10.6 Å². The van der Waals surface area contributed by atoms with Crippen molar-refractivity contribution in [2.75, 3.05) is 10.6 Å². The van der Waals surface area contributed by atoms with Crippen molar-refractivity contribution < 1.29 is 0 Å². The van der Waals surface area contributed by atoms with Crippen LogP contribution in [0.2, 0.25) is 0 Å². The number of halogens is 1. The van der Waals surface area contributed by atoms with Gasteiger partial charge in [0.2, 0.25) is 0 Å². The first kappa shape index (κ1) is 15.0. The van der Waals surface area contributed by atoms with Crippen molar-refractivity contribution in [3.63, 3.8) is 0 Å². The lowest BCUT2D eigenvalue weighted by Gasteiger charge is -2.09. The Morgan fingerprint density at radius 2 is 1.57 bits per heavy atom. The van der Waals surface area contributed by atoms with Gasteiger partial charge >= 0.3 is 0 Å². The molecule has 0 saturated heterocycles. The molecule has 0 aliphatic rings. The van der Waals surface area contributed by atoms with E-state index in [2.05, 4.69) is 42.6 Å². The Bertz CT molecular complexity index is 855. The Morgan fingerprint density at radius 3 is 2.22 bits per heavy atom. The second kappa shape index (κ2) is 6.90. The molecule has 5 nitrogen and oxygen atoms in total. The lowest BCUT2D eigenvalue weighted by molar-refractivity contribution is 1.17. The van der Waals surface area contributed by atoms with E-state index in [1.807, 2.05) is 42.5 Å². The van der Waals surface area contributed by atoms with Crippen molar-refractivity contribution in [3.8, 4) is 6.07 Å². The highest BCUT2D eigenvalue weighted by Gasteiger charge is 2.01. The molecule has 0 saturated carbocycles. The average Bonchev–Trinajstić information content (AvgIpc) is 2.56. The average molecular weight is 366 g/mol. The van der Waals surface area contributed by atoms with Crippen LogP contribution in [0.1, 0.15) is 5.56 Å². The Balaban J connectivity index is 1.75. The van der Waals surface area contributed by atoms with Gasteiger partial charge in [0.15, 0.2) is 0 Å². The zero-order valence-corrected chi connectivity index (χ0v) is 13.6. The number of anilines is 4. The van der Waals surface area contributed by atoms with E-state index in [1.54, 1.807) is 12.1 Å². The number of nitrogens with one attached hydrogen (secondary N) is 2. The van der Waals surface area contributed by atoms with Crippen LogP contribution < -0.4 is 10.6 Å². The van der Waals surface area contributed by atoms with Crippen LogP contribution in [-0.2, 0) is 0 Å². The van der Waals surface area contributed by atoms with Crippen molar-refractivity contribution in [3.05, 3.63) is 71.0 Å². The van der Waals surface area contributed by atoms with Gasteiger partial charge in [-0.25, -0.2) is 9.97 Å². The molecule has 0 amide bonds. The van der Waals surface area contributed by atoms with Crippen molar-refractivity contribution in [1.29, 1.82) is 5.26 Å². The van der Waals surface area contributed by atoms with Gasteiger partial charge in [-0.05, 0) is 42.5 Å². The summed E-state index contributed by atoms with van der Waals surface area (Å²) in [5, 5.41) is 15.2. The van der Waals surface area contributed by atoms with Gasteiger partial charge in [0.05, 0.1) is 11.6 Å². The summed E-state index contributed by atoms with van der Waals surface area (Å²) in [7, 11) is 0. The van der Waals surface area contributed by atoms with Gasteiger partial charge in [-0.2, -0.15) is 5.26 Å². The van der Waals surface area contributed by atoms with Crippen LogP contribution in [0.5, 0.6) is 0 Å². The summed E-state index contributed by atoms with van der Waals surface area (Å²) in [5.41, 5.74) is 2.41. The highest BCUT2D eigenvalue weighted by molar-refractivity contribution is 9.10. The third-order valence-electron chi connectivity index (χ3n) is 3.05. The normalized spacial score (nSPS) is 9.91. The third kappa shape index (κ3) is 4.05. The summed E-state index contributed by atoms with van der Waals surface area (Å²) >= 11 is 3.44. The maximum Gasteiger partial charge on any atom is 0.135 e. The van der Waals surface area contributed by atoms with Gasteiger partial charge in [-0.1, -0.05) is 22.0 Å². The first-order valence-corrected chi connectivity index (χ1v) is 7.64. The molecule has 112 valence electrons. The number of nitriles is 1. The van der Waals surface area contributed by atoms with E-state index in [1.165, 1.54) is 6.33 Å². The highest BCUT2D eigenvalue weighted by atomic mass is 79.9. The van der Waals surface area contributed by atoms with E-state index in [0.717, 1.165) is 15.8 Å². The van der Waals surface area contributed by atoms with Crippen molar-refractivity contribution in [2.45, 2.75) is 0 Å². The second-order valence-corrected chi connectivity index (χ2v) is 5.65. The van der Waals surface area contributed by atoms with Crippen molar-refractivity contribution in [1.82, 2.24) is 9.97 Å². The summed E-state index contributed by atoms with van der Waals surface area (Å²) in [4.78, 5) is 8.41. The van der Waals surface area contributed by atoms with Crippen molar-refractivity contribution >= 4 is 38.9 Å². The molecule has 0 aliphatic heterocycles. The zero-order chi connectivity index (χ0) is 16.1. The Morgan fingerprint density at radius 1 is 0.870 bits per heavy atom. The van der Waals surface area contributed by atoms with E-state index in [-0.39, 0.29) is 0 Å². The number of nitrogens with zero attached hydrogens (tertiary/aromatic N) is 3. The van der Waals surface area contributed by atoms with E-state index in [9.17, 15) is 0 Å². The van der Waals surface area contributed by atoms with Crippen LogP contribution in [0.4, 0.5) is 23.0 Å². The summed E-state index contributed by atoms with van der Waals surface area (Å²) in [6, 6.07) is 18.9. The van der Waals surface area contributed by atoms with Crippen LogP contribution in [0.25, 0.3) is 0 Å². The zero-order valence-electron chi connectivity index (χ0n) is 12.0. The molecule has 1 heterocycles. The molecule has 0 radical (unpaired) electrons. The molecule has 23 heavy (non-hydrogen) atoms. The molecule has 0 spiro atoms. The highest BCUT2D eigenvalue weighted by Crippen LogP contribution is 2.21. The van der Waals surface area contributed by atoms with Crippen molar-refractivity contribution in [2.24, 2.45) is 0 Å². The van der Waals surface area contributed by atoms with Crippen LogP contribution in [-0.4, -0.2) is 9.97 Å². The molecular formula is C17H12BrN5. The molecule has 6 heteroatoms. The smallest absolute Gasteiger partial charge is 0.135 e. The van der Waals surface area contributed by atoms with Gasteiger partial charge in [-0.3, -0.25) is 0 Å². The van der Waals surface area contributed by atoms with E-state index in [0.29, 0.717) is 17.2 Å². The molecule has 3 rings (SSSR count). The Kier molecular flexibility index (Phi) is 4.50. The minimum absolute atomic E-state index is 0.621. The molecule has 3 aromatic rings. The van der Waals surface area contributed by atoms with Gasteiger partial charge in [-0.15, -0.1) is 0 Å². The predicted molar refractivity (Wildman–Crippen MR) is 93.9 cm³/mol. The molecule has 0 fully saturated rings. The molecule has 0 unspecified atom stereocenters. The number of aromatic nitrogens is 2. The fraction of sp³-hybridized carbons (Fsp3) is 0. The van der Waals surface area contributed by atoms with Crippen LogP contribution in [0.3, 0.4) is 0 Å². The molecule has 0 bridgehead atoms. The first-order valence-electron chi connectivity index (χ1n) is 6.85. The molecule has 0 aliphatic carbocycles. The summed E-state index contributed by atoms with van der Waals surface area (Å²) in [6.07, 6.45) is 1.49. The van der Waals surface area contributed by atoms with Gasteiger partial charge in [0.1, 0.15) is 18.0 Å². The standard InChI is InChI=1S/C17H12BrN5/c18-13-2-1-3-15(8-13)23-17-9-16(20-11-21-17)22-14-6-4-12(10-19)5-7-14/h1-9,11H,(H2,20,21,22,23). The fourth-order valence-electron chi connectivity index (χ4n) is 1.98. The maximum absolute atomic E-state index is 8.81. The minimum Gasteiger partial charge on any atom is -0.340 e. The third-order valence-corrected chi connectivity index (χ3v) is 3.54. The SMILES string of the molecule is N#Cc1ccc(Nc2cc(Nc3cccc(Br)c3)ncn2)cc1. The van der Waals surface area contributed by atoms with Crippen LogP contribution in [0.15, 0.2) is 65.4 Å². The molecule has 1 aromatic heterocycles.